The molecule has 2 amide bonds. The van der Waals surface area contributed by atoms with Crippen LogP contribution in [0.2, 0.25) is 0 Å². The van der Waals surface area contributed by atoms with Crippen LogP contribution in [0.3, 0.4) is 0 Å². The molecule has 0 aromatic heterocycles. The van der Waals surface area contributed by atoms with Crippen molar-refractivity contribution in [2.24, 2.45) is 10.7 Å². The number of nitrogens with two attached hydrogens (primary N) is 1. The lowest BCUT2D eigenvalue weighted by molar-refractivity contribution is -0.113. The number of aliphatic hydroxyl groups excluding tert-OH is 1. The Kier molecular flexibility index (Phi) is 13.0. The van der Waals surface area contributed by atoms with Crippen molar-refractivity contribution >= 4 is 34.6 Å². The summed E-state index contributed by atoms with van der Waals surface area (Å²) >= 11 is 0. The SMILES string of the molecule is C=N/C1=C(/N)N(C)S(=O)(=O)N(CCO)CCOCCOCCOc2c(CN(C)C(=O)OC(C)(C)C)cccc2NC1=O. The minimum atomic E-state index is -4.29. The molecule has 0 aliphatic carbocycles. The number of carbonyl (C=O) groups excluding carboxylic acids is 2. The highest BCUT2D eigenvalue weighted by atomic mass is 32.2. The number of hydrogen-bond donors (Lipinski definition) is 3. The number of benzene rings is 1. The van der Waals surface area contributed by atoms with E-state index >= 15 is 0 Å². The Morgan fingerprint density at radius 1 is 1.21 bits per heavy atom. The standard InChI is InChI=1S/C26H42N6O9S/c1-26(2,3)41-25(35)30(5)18-19-8-7-9-20-22(19)40-17-16-39-15-14-38-13-11-32(10-12-33)42(36,37)31(6)23(27)21(28-4)24(34)29-20/h7-9,33H,4,10-18,27H2,1-3,5-6H3,(H,29,34)/b23-21-. The second-order valence-electron chi connectivity index (χ2n) is 10.1. The molecule has 1 aromatic carbocycles. The van der Waals surface area contributed by atoms with Crippen LogP contribution >= 0.6 is 0 Å². The Labute approximate surface area is 247 Å². The summed E-state index contributed by atoms with van der Waals surface area (Å²) in [6, 6.07) is 4.94. The van der Waals surface area contributed by atoms with E-state index in [-0.39, 0.29) is 64.1 Å². The van der Waals surface area contributed by atoms with E-state index in [4.69, 9.17) is 24.7 Å². The van der Waals surface area contributed by atoms with Crippen LogP contribution in [0, 0.1) is 0 Å². The molecule has 15 nitrogen and oxygen atoms in total. The lowest BCUT2D eigenvalue weighted by Crippen LogP contribution is -2.46. The largest absolute Gasteiger partial charge is 0.489 e. The predicted octanol–water partition coefficient (Wildman–Crippen LogP) is 0.717. The molecule has 0 unspecified atom stereocenters. The van der Waals surface area contributed by atoms with E-state index < -0.39 is 45.9 Å². The Hall–Kier alpha value is -3.44. The fraction of sp³-hybridized carbons (Fsp3) is 0.577. The van der Waals surface area contributed by atoms with Crippen molar-refractivity contribution in [3.8, 4) is 5.75 Å². The maximum Gasteiger partial charge on any atom is 0.410 e. The highest BCUT2D eigenvalue weighted by Crippen LogP contribution is 2.31. The second-order valence-corrected chi connectivity index (χ2v) is 12.1. The molecule has 42 heavy (non-hydrogen) atoms. The molecule has 1 aliphatic heterocycles. The number of aliphatic hydroxyl groups is 1. The molecule has 2 rings (SSSR count). The molecule has 16 heteroatoms. The van der Waals surface area contributed by atoms with E-state index in [1.54, 1.807) is 46.0 Å². The molecule has 0 spiro atoms. The number of para-hydroxylation sites is 1. The van der Waals surface area contributed by atoms with Crippen LogP contribution in [-0.4, -0.2) is 118 Å². The molecule has 0 atom stereocenters. The number of rotatable bonds is 5. The number of ether oxygens (including phenoxy) is 4. The lowest BCUT2D eigenvalue weighted by Gasteiger charge is -2.28. The highest BCUT2D eigenvalue weighted by Gasteiger charge is 2.30. The van der Waals surface area contributed by atoms with Gasteiger partial charge in [0.05, 0.1) is 45.3 Å². The topological polar surface area (TPSA) is 186 Å². The van der Waals surface area contributed by atoms with Crippen LogP contribution in [0.1, 0.15) is 26.3 Å². The lowest BCUT2D eigenvalue weighted by atomic mass is 10.1. The van der Waals surface area contributed by atoms with Crippen molar-refractivity contribution in [2.45, 2.75) is 32.9 Å². The zero-order chi connectivity index (χ0) is 31.5. The average Bonchev–Trinajstić information content (AvgIpc) is 2.90. The fourth-order valence-corrected chi connectivity index (χ4v) is 4.98. The van der Waals surface area contributed by atoms with E-state index in [1.807, 2.05) is 0 Å². The molecule has 0 saturated carbocycles. The van der Waals surface area contributed by atoms with Gasteiger partial charge in [-0.25, -0.2) is 9.10 Å². The molecule has 1 aliphatic rings. The van der Waals surface area contributed by atoms with Crippen LogP contribution in [0.25, 0.3) is 0 Å². The van der Waals surface area contributed by atoms with E-state index in [1.165, 1.54) is 4.90 Å². The molecule has 0 bridgehead atoms. The van der Waals surface area contributed by atoms with E-state index in [0.717, 1.165) is 11.4 Å². The predicted molar refractivity (Wildman–Crippen MR) is 156 cm³/mol. The summed E-state index contributed by atoms with van der Waals surface area (Å²) in [6.45, 7) is 8.68. The second kappa shape index (κ2) is 15.7. The number of aliphatic imine (C=N–C) groups is 1. The van der Waals surface area contributed by atoms with Crippen LogP contribution in [0.5, 0.6) is 5.75 Å². The van der Waals surface area contributed by atoms with Gasteiger partial charge in [-0.15, -0.1) is 0 Å². The number of β-amino-alcohol motifs (C(OH)–C–C–N with tert-alkyl or cyclic N) is 1. The summed E-state index contributed by atoms with van der Waals surface area (Å²) in [5.41, 5.74) is 5.71. The van der Waals surface area contributed by atoms with Gasteiger partial charge in [0.2, 0.25) is 0 Å². The van der Waals surface area contributed by atoms with Gasteiger partial charge in [-0.05, 0) is 33.6 Å². The van der Waals surface area contributed by atoms with Gasteiger partial charge in [-0.1, -0.05) is 12.1 Å². The summed E-state index contributed by atoms with van der Waals surface area (Å²) in [4.78, 5) is 31.0. The molecule has 1 heterocycles. The van der Waals surface area contributed by atoms with E-state index in [9.17, 15) is 23.1 Å². The number of nitrogens with zero attached hydrogens (tertiary/aromatic N) is 4. The van der Waals surface area contributed by atoms with Crippen LogP contribution < -0.4 is 15.8 Å². The first-order valence-corrected chi connectivity index (χ1v) is 14.6. The number of nitrogens with one attached hydrogen (secondary N) is 1. The first-order valence-electron chi connectivity index (χ1n) is 13.2. The van der Waals surface area contributed by atoms with Crippen molar-refractivity contribution in [1.82, 2.24) is 13.5 Å². The smallest absolute Gasteiger partial charge is 0.410 e. The fourth-order valence-electron chi connectivity index (χ4n) is 3.68. The van der Waals surface area contributed by atoms with Crippen molar-refractivity contribution in [3.63, 3.8) is 0 Å². The van der Waals surface area contributed by atoms with E-state index in [2.05, 4.69) is 17.0 Å². The van der Waals surface area contributed by atoms with Crippen molar-refractivity contribution in [1.29, 1.82) is 0 Å². The van der Waals surface area contributed by atoms with Gasteiger partial charge in [0.15, 0.2) is 5.70 Å². The van der Waals surface area contributed by atoms with Crippen LogP contribution in [0.4, 0.5) is 10.5 Å². The number of anilines is 1. The maximum atomic E-state index is 13.3. The van der Waals surface area contributed by atoms with Crippen molar-refractivity contribution < 1.29 is 42.1 Å². The molecule has 1 aromatic rings. The Morgan fingerprint density at radius 2 is 1.86 bits per heavy atom. The van der Waals surface area contributed by atoms with Crippen LogP contribution in [-0.2, 0) is 35.8 Å². The zero-order valence-electron chi connectivity index (χ0n) is 24.8. The third-order valence-corrected chi connectivity index (χ3v) is 7.67. The third kappa shape index (κ3) is 9.84. The molecule has 0 radical (unpaired) electrons. The molecule has 0 saturated heterocycles. The first kappa shape index (κ1) is 34.8. The van der Waals surface area contributed by atoms with Crippen LogP contribution in [0.15, 0.2) is 34.7 Å². The highest BCUT2D eigenvalue weighted by molar-refractivity contribution is 7.86. The maximum absolute atomic E-state index is 13.3. The number of amides is 2. The van der Waals surface area contributed by atoms with Gasteiger partial charge in [0, 0.05) is 32.7 Å². The minimum Gasteiger partial charge on any atom is -0.489 e. The summed E-state index contributed by atoms with van der Waals surface area (Å²) in [6.07, 6.45) is -0.555. The van der Waals surface area contributed by atoms with Gasteiger partial charge in [-0.3, -0.25) is 9.79 Å². The van der Waals surface area contributed by atoms with Gasteiger partial charge in [0.1, 0.15) is 23.8 Å². The number of carbonyl (C=O) groups is 2. The van der Waals surface area contributed by atoms with Gasteiger partial charge >= 0.3 is 16.3 Å². The minimum absolute atomic E-state index is 0.0193. The first-order chi connectivity index (χ1) is 19.7. The average molecular weight is 615 g/mol. The Morgan fingerprint density at radius 3 is 2.48 bits per heavy atom. The molecular formula is C26H42N6O9S. The normalized spacial score (nSPS) is 19.9. The van der Waals surface area contributed by atoms with Gasteiger partial charge < -0.3 is 40.0 Å². The third-order valence-electron chi connectivity index (χ3n) is 5.77. The summed E-state index contributed by atoms with van der Waals surface area (Å²) in [5, 5.41) is 12.1. The van der Waals surface area contributed by atoms with Gasteiger partial charge in [0.25, 0.3) is 5.91 Å². The van der Waals surface area contributed by atoms with Crippen molar-refractivity contribution in [2.75, 3.05) is 72.1 Å². The molecule has 4 N–H and O–H groups in total. The molecule has 236 valence electrons. The zero-order valence-corrected chi connectivity index (χ0v) is 25.6. The monoisotopic (exact) mass is 614 g/mol. The quantitative estimate of drug-likeness (QED) is 0.399. The Balaban J connectivity index is 2.50. The van der Waals surface area contributed by atoms with E-state index in [0.29, 0.717) is 9.87 Å². The molecular weight excluding hydrogens is 572 g/mol. The Bertz CT molecular complexity index is 1230. The van der Waals surface area contributed by atoms with Gasteiger partial charge in [-0.2, -0.15) is 12.7 Å². The summed E-state index contributed by atoms with van der Waals surface area (Å²) < 4.78 is 50.7. The molecule has 0 fully saturated rings. The number of hydrogen-bond acceptors (Lipinski definition) is 11. The number of fused-ring (bicyclic) bond motifs is 1. The summed E-state index contributed by atoms with van der Waals surface area (Å²) in [7, 11) is -1.57. The summed E-state index contributed by atoms with van der Waals surface area (Å²) in [5.74, 6) is -1.11. The van der Waals surface area contributed by atoms with Crippen molar-refractivity contribution in [3.05, 3.63) is 35.3 Å².